The average molecular weight is 455 g/mol. The first kappa shape index (κ1) is 22.1. The molecule has 0 radical (unpaired) electrons. The molecule has 0 saturated heterocycles. The molecule has 2 heterocycles. The molecule has 174 valence electrons. The van der Waals surface area contributed by atoms with Crippen LogP contribution in [0, 0.1) is 0 Å². The molecule has 34 heavy (non-hydrogen) atoms. The van der Waals surface area contributed by atoms with Gasteiger partial charge in [0.15, 0.2) is 5.65 Å². The van der Waals surface area contributed by atoms with E-state index in [2.05, 4.69) is 43.3 Å². The molecule has 0 aliphatic heterocycles. The summed E-state index contributed by atoms with van der Waals surface area (Å²) in [5.41, 5.74) is 11.5. The Balaban J connectivity index is 1.59. The van der Waals surface area contributed by atoms with E-state index in [0.717, 1.165) is 36.8 Å². The van der Waals surface area contributed by atoms with Crippen LogP contribution in [-0.2, 0) is 5.41 Å². The van der Waals surface area contributed by atoms with Crippen LogP contribution in [0.1, 0.15) is 67.9 Å². The Morgan fingerprint density at radius 3 is 2.35 bits per heavy atom. The highest BCUT2D eigenvalue weighted by molar-refractivity contribution is 6.10. The van der Waals surface area contributed by atoms with Crippen LogP contribution in [0.4, 0.5) is 5.82 Å². The number of nitrogens with two attached hydrogens (primary N) is 1. The molecule has 0 atom stereocenters. The van der Waals surface area contributed by atoms with Crippen LogP contribution < -0.4 is 11.1 Å². The van der Waals surface area contributed by atoms with Crippen molar-refractivity contribution in [3.05, 3.63) is 65.2 Å². The summed E-state index contributed by atoms with van der Waals surface area (Å²) in [4.78, 5) is 22.8. The van der Waals surface area contributed by atoms with Crippen molar-refractivity contribution in [1.29, 1.82) is 0 Å². The zero-order chi connectivity index (χ0) is 23.9. The summed E-state index contributed by atoms with van der Waals surface area (Å²) in [7, 11) is 0. The molecular formula is C27H30N6O. The summed E-state index contributed by atoms with van der Waals surface area (Å²) in [5, 5.41) is 7.75. The van der Waals surface area contributed by atoms with Crippen LogP contribution in [0.15, 0.2) is 53.6 Å². The highest BCUT2D eigenvalue weighted by Gasteiger charge is 2.26. The smallest absolute Gasteiger partial charge is 0.257 e. The molecule has 4 aromatic rings. The van der Waals surface area contributed by atoms with Crippen LogP contribution in [0.5, 0.6) is 0 Å². The fourth-order valence-corrected chi connectivity index (χ4v) is 4.51. The average Bonchev–Trinajstić information content (AvgIpc) is 3.41. The van der Waals surface area contributed by atoms with E-state index < -0.39 is 0 Å². The van der Waals surface area contributed by atoms with Crippen LogP contribution in [0.25, 0.3) is 22.2 Å². The van der Waals surface area contributed by atoms with Gasteiger partial charge in [0.05, 0.1) is 17.2 Å². The van der Waals surface area contributed by atoms with Gasteiger partial charge in [-0.15, -0.1) is 0 Å². The Hall–Kier alpha value is -3.74. The maximum Gasteiger partial charge on any atom is 0.257 e. The molecule has 1 amide bonds. The highest BCUT2D eigenvalue weighted by atomic mass is 16.1. The van der Waals surface area contributed by atoms with E-state index in [9.17, 15) is 4.79 Å². The Morgan fingerprint density at radius 2 is 1.71 bits per heavy atom. The van der Waals surface area contributed by atoms with Gasteiger partial charge in [-0.25, -0.2) is 9.97 Å². The zero-order valence-electron chi connectivity index (χ0n) is 19.9. The lowest BCUT2D eigenvalue weighted by molar-refractivity contribution is 0.0940. The molecule has 7 heteroatoms. The highest BCUT2D eigenvalue weighted by Crippen LogP contribution is 2.29. The molecule has 3 N–H and O–H groups in total. The maximum absolute atomic E-state index is 13.3. The van der Waals surface area contributed by atoms with Gasteiger partial charge < -0.3 is 11.1 Å². The van der Waals surface area contributed by atoms with Crippen LogP contribution >= 0.6 is 0 Å². The summed E-state index contributed by atoms with van der Waals surface area (Å²) < 4.78 is 1.52. The van der Waals surface area contributed by atoms with E-state index in [-0.39, 0.29) is 23.2 Å². The number of anilines is 1. The van der Waals surface area contributed by atoms with E-state index in [1.165, 1.54) is 10.2 Å². The number of aromatic nitrogens is 3. The second kappa shape index (κ2) is 8.56. The van der Waals surface area contributed by atoms with Crippen molar-refractivity contribution >= 4 is 40.1 Å². The van der Waals surface area contributed by atoms with Crippen molar-refractivity contribution in [2.75, 3.05) is 5.73 Å². The fourth-order valence-electron chi connectivity index (χ4n) is 4.51. The van der Waals surface area contributed by atoms with Gasteiger partial charge in [0, 0.05) is 6.04 Å². The first-order valence-electron chi connectivity index (χ1n) is 11.8. The standard InChI is InChI=1S/C27H30N6O/c1-27(2,3)18-14-12-17(13-15-18)16-29-33-24(28)22(26(34)30-19-8-4-5-9-19)23-25(33)32-21-11-7-6-10-20(21)31-23/h6-7,10-16,19H,4-5,8-9,28H2,1-3H3,(H,30,34). The van der Waals surface area contributed by atoms with Crippen LogP contribution in [0.3, 0.4) is 0 Å². The number of nitrogens with one attached hydrogen (secondary N) is 1. The lowest BCUT2D eigenvalue weighted by atomic mass is 9.87. The van der Waals surface area contributed by atoms with Crippen molar-refractivity contribution in [1.82, 2.24) is 20.0 Å². The quantitative estimate of drug-likeness (QED) is 0.423. The second-order valence-electron chi connectivity index (χ2n) is 10.0. The number of hydrogen-bond donors (Lipinski definition) is 2. The normalized spacial score (nSPS) is 15.0. The van der Waals surface area contributed by atoms with Gasteiger partial charge in [0.25, 0.3) is 5.91 Å². The monoisotopic (exact) mass is 454 g/mol. The number of nitrogen functional groups attached to an aromatic ring is 1. The summed E-state index contributed by atoms with van der Waals surface area (Å²) in [6.45, 7) is 6.55. The second-order valence-corrected chi connectivity index (χ2v) is 10.0. The van der Waals surface area contributed by atoms with Crippen molar-refractivity contribution in [3.63, 3.8) is 0 Å². The van der Waals surface area contributed by atoms with Gasteiger partial charge >= 0.3 is 0 Å². The SMILES string of the molecule is CC(C)(C)c1ccc(C=Nn2c(N)c(C(=O)NC3CCCC3)c3nc4ccccc4nc32)cc1. The number of benzene rings is 2. The third-order valence-corrected chi connectivity index (χ3v) is 6.49. The van der Waals surface area contributed by atoms with Gasteiger partial charge in [-0.2, -0.15) is 9.78 Å². The van der Waals surface area contributed by atoms with Crippen LogP contribution in [-0.4, -0.2) is 32.8 Å². The van der Waals surface area contributed by atoms with Crippen molar-refractivity contribution in [3.8, 4) is 0 Å². The number of carbonyl (C=O) groups is 1. The lowest BCUT2D eigenvalue weighted by Gasteiger charge is -2.18. The molecule has 1 saturated carbocycles. The summed E-state index contributed by atoms with van der Waals surface area (Å²) in [5.74, 6) is 0.0193. The predicted octanol–water partition coefficient (Wildman–Crippen LogP) is 5.02. The molecule has 2 aromatic carbocycles. The summed E-state index contributed by atoms with van der Waals surface area (Å²) in [6, 6.07) is 16.0. The molecule has 1 aliphatic carbocycles. The number of rotatable bonds is 4. The van der Waals surface area contributed by atoms with Crippen LogP contribution in [0.2, 0.25) is 0 Å². The lowest BCUT2D eigenvalue weighted by Crippen LogP contribution is -2.33. The predicted molar refractivity (Wildman–Crippen MR) is 137 cm³/mol. The molecule has 0 bridgehead atoms. The molecular weight excluding hydrogens is 424 g/mol. The molecule has 1 aliphatic rings. The number of para-hydroxylation sites is 2. The van der Waals surface area contributed by atoms with Gasteiger partial charge in [-0.3, -0.25) is 4.79 Å². The van der Waals surface area contributed by atoms with Gasteiger partial charge in [0.1, 0.15) is 16.9 Å². The molecule has 5 rings (SSSR count). The minimum absolute atomic E-state index is 0.0783. The summed E-state index contributed by atoms with van der Waals surface area (Å²) in [6.07, 6.45) is 5.97. The molecule has 0 spiro atoms. The minimum atomic E-state index is -0.220. The molecule has 0 unspecified atom stereocenters. The Bertz CT molecular complexity index is 1390. The van der Waals surface area contributed by atoms with Gasteiger partial charge in [-0.1, -0.05) is 70.0 Å². The number of carbonyl (C=O) groups excluding carboxylic acids is 1. The van der Waals surface area contributed by atoms with E-state index in [4.69, 9.17) is 15.7 Å². The van der Waals surface area contributed by atoms with E-state index in [1.54, 1.807) is 6.21 Å². The number of fused-ring (bicyclic) bond motifs is 2. The maximum atomic E-state index is 13.3. The first-order chi connectivity index (χ1) is 16.3. The van der Waals surface area contributed by atoms with E-state index in [0.29, 0.717) is 22.2 Å². The largest absolute Gasteiger partial charge is 0.383 e. The molecule has 2 aromatic heterocycles. The summed E-state index contributed by atoms with van der Waals surface area (Å²) >= 11 is 0. The van der Waals surface area contributed by atoms with Crippen molar-refractivity contribution in [2.45, 2.75) is 57.9 Å². The fraction of sp³-hybridized carbons (Fsp3) is 0.333. The molecule has 7 nitrogen and oxygen atoms in total. The van der Waals surface area contributed by atoms with Gasteiger partial charge in [0.2, 0.25) is 0 Å². The third-order valence-electron chi connectivity index (χ3n) is 6.49. The number of hydrogen-bond acceptors (Lipinski definition) is 5. The topological polar surface area (TPSA) is 98.2 Å². The van der Waals surface area contributed by atoms with Crippen molar-refractivity contribution < 1.29 is 4.79 Å². The number of nitrogens with zero attached hydrogens (tertiary/aromatic N) is 4. The number of amides is 1. The third kappa shape index (κ3) is 4.14. The zero-order valence-corrected chi connectivity index (χ0v) is 19.9. The van der Waals surface area contributed by atoms with Crippen molar-refractivity contribution in [2.24, 2.45) is 5.10 Å². The molecule has 1 fully saturated rings. The Labute approximate surface area is 199 Å². The van der Waals surface area contributed by atoms with Gasteiger partial charge in [-0.05, 0) is 41.5 Å². The van der Waals surface area contributed by atoms with E-state index in [1.807, 2.05) is 36.4 Å². The minimum Gasteiger partial charge on any atom is -0.383 e. The van der Waals surface area contributed by atoms with E-state index >= 15 is 0 Å². The Kier molecular flexibility index (Phi) is 5.55. The Morgan fingerprint density at radius 1 is 1.06 bits per heavy atom. The first-order valence-corrected chi connectivity index (χ1v) is 11.8.